The molecule has 3 heteroatoms. The molecule has 0 saturated heterocycles. The molecule has 0 N–H and O–H groups in total. The summed E-state index contributed by atoms with van der Waals surface area (Å²) in [5.41, 5.74) is 2.79. The Morgan fingerprint density at radius 3 is 2.32 bits per heavy atom. The summed E-state index contributed by atoms with van der Waals surface area (Å²) in [6, 6.07) is 15.3. The van der Waals surface area contributed by atoms with Crippen LogP contribution in [0.15, 0.2) is 42.5 Å². The molecule has 0 aliphatic carbocycles. The molecule has 2 heterocycles. The normalized spacial score (nSPS) is 11.0. The third kappa shape index (κ3) is 4.53. The van der Waals surface area contributed by atoms with E-state index in [4.69, 9.17) is 4.74 Å². The van der Waals surface area contributed by atoms with Crippen LogP contribution >= 0.6 is 22.7 Å². The van der Waals surface area contributed by atoms with E-state index in [0.717, 1.165) is 5.75 Å². The lowest BCUT2D eigenvalue weighted by Crippen LogP contribution is -1.85. The van der Waals surface area contributed by atoms with Crippen molar-refractivity contribution in [3.8, 4) is 25.9 Å². The average molecular weight is 371 g/mol. The van der Waals surface area contributed by atoms with Crippen LogP contribution in [0.3, 0.4) is 0 Å². The molecule has 0 bridgehead atoms. The van der Waals surface area contributed by atoms with E-state index in [1.165, 1.54) is 62.7 Å². The second-order valence-corrected chi connectivity index (χ2v) is 8.75. The van der Waals surface area contributed by atoms with Gasteiger partial charge < -0.3 is 4.74 Å². The zero-order valence-corrected chi connectivity index (χ0v) is 16.9. The van der Waals surface area contributed by atoms with E-state index in [0.29, 0.717) is 0 Å². The fraction of sp³-hybridized carbons (Fsp3) is 0.364. The smallest absolute Gasteiger partial charge is 0.118 e. The molecule has 1 nitrogen and oxygen atoms in total. The highest BCUT2D eigenvalue weighted by Gasteiger charge is 2.14. The van der Waals surface area contributed by atoms with E-state index >= 15 is 0 Å². The third-order valence-electron chi connectivity index (χ3n) is 4.45. The predicted octanol–water partition coefficient (Wildman–Crippen LogP) is 7.58. The summed E-state index contributed by atoms with van der Waals surface area (Å²) in [6.07, 6.45) is 6.41. The first-order valence-electron chi connectivity index (χ1n) is 9.05. The summed E-state index contributed by atoms with van der Waals surface area (Å²) in [4.78, 5) is 5.61. The van der Waals surface area contributed by atoms with Gasteiger partial charge in [-0.15, -0.1) is 22.7 Å². The van der Waals surface area contributed by atoms with Crippen LogP contribution in [0.1, 0.15) is 43.0 Å². The molecule has 0 amide bonds. The molecule has 0 radical (unpaired) electrons. The Balaban J connectivity index is 1.89. The lowest BCUT2D eigenvalue weighted by molar-refractivity contribution is 0.415. The zero-order valence-electron chi connectivity index (χ0n) is 15.3. The fourth-order valence-corrected chi connectivity index (χ4v) is 5.25. The summed E-state index contributed by atoms with van der Waals surface area (Å²) >= 11 is 3.83. The monoisotopic (exact) mass is 370 g/mol. The molecule has 3 aromatic rings. The second-order valence-electron chi connectivity index (χ2n) is 6.41. The summed E-state index contributed by atoms with van der Waals surface area (Å²) in [7, 11) is 1.71. The number of hydrogen-bond acceptors (Lipinski definition) is 3. The Bertz CT molecular complexity index is 796. The highest BCUT2D eigenvalue weighted by atomic mass is 32.1. The fourth-order valence-electron chi connectivity index (χ4n) is 3.02. The van der Waals surface area contributed by atoms with Crippen molar-refractivity contribution in [3.05, 3.63) is 52.9 Å². The molecule has 0 aliphatic heterocycles. The van der Waals surface area contributed by atoms with Crippen molar-refractivity contribution in [2.45, 2.75) is 46.0 Å². The van der Waals surface area contributed by atoms with Gasteiger partial charge in [0.15, 0.2) is 0 Å². The number of ether oxygens (including phenoxy) is 1. The minimum atomic E-state index is 0.911. The molecular formula is C22H26OS2. The molecule has 0 aliphatic rings. The highest BCUT2D eigenvalue weighted by molar-refractivity contribution is 7.24. The van der Waals surface area contributed by atoms with Gasteiger partial charge in [-0.2, -0.15) is 0 Å². The second kappa shape index (κ2) is 8.68. The maximum atomic E-state index is 5.29. The van der Waals surface area contributed by atoms with Gasteiger partial charge in [-0.3, -0.25) is 0 Å². The van der Waals surface area contributed by atoms with E-state index in [9.17, 15) is 0 Å². The van der Waals surface area contributed by atoms with Crippen LogP contribution in [-0.4, -0.2) is 7.11 Å². The molecule has 0 saturated carbocycles. The molecule has 25 heavy (non-hydrogen) atoms. The van der Waals surface area contributed by atoms with Gasteiger partial charge in [-0.05, 0) is 73.4 Å². The standard InChI is InChI=1S/C22H26OS2/c1-4-5-6-7-8-18-15-21(17-10-12-19(23-3)13-11-17)25-22(18)20-14-9-16(2)24-20/h9-15H,4-8H2,1-3H3. The van der Waals surface area contributed by atoms with Gasteiger partial charge in [-0.25, -0.2) is 0 Å². The number of methoxy groups -OCH3 is 1. The molecule has 1 aromatic carbocycles. The van der Waals surface area contributed by atoms with Gasteiger partial charge in [0.2, 0.25) is 0 Å². The van der Waals surface area contributed by atoms with E-state index in [-0.39, 0.29) is 0 Å². The summed E-state index contributed by atoms with van der Waals surface area (Å²) in [6.45, 7) is 4.46. The molecule has 0 unspecified atom stereocenters. The van der Waals surface area contributed by atoms with Gasteiger partial charge in [0.25, 0.3) is 0 Å². The van der Waals surface area contributed by atoms with Crippen LogP contribution in [-0.2, 0) is 6.42 Å². The van der Waals surface area contributed by atoms with Crippen LogP contribution in [0.25, 0.3) is 20.2 Å². The van der Waals surface area contributed by atoms with Gasteiger partial charge >= 0.3 is 0 Å². The van der Waals surface area contributed by atoms with Gasteiger partial charge in [0, 0.05) is 19.5 Å². The van der Waals surface area contributed by atoms with Crippen LogP contribution in [0.4, 0.5) is 0 Å². The first-order valence-corrected chi connectivity index (χ1v) is 10.7. The van der Waals surface area contributed by atoms with Gasteiger partial charge in [0.1, 0.15) is 5.75 Å². The lowest BCUT2D eigenvalue weighted by Gasteiger charge is -2.01. The minimum Gasteiger partial charge on any atom is -0.497 e. The minimum absolute atomic E-state index is 0.911. The maximum absolute atomic E-state index is 5.29. The third-order valence-corrected chi connectivity index (χ3v) is 6.85. The van der Waals surface area contributed by atoms with E-state index in [2.05, 4.69) is 44.2 Å². The van der Waals surface area contributed by atoms with Crippen molar-refractivity contribution in [3.63, 3.8) is 0 Å². The topological polar surface area (TPSA) is 9.23 Å². The highest BCUT2D eigenvalue weighted by Crippen LogP contribution is 2.41. The Kier molecular flexibility index (Phi) is 6.33. The average Bonchev–Trinajstić information content (AvgIpc) is 3.25. The molecule has 0 fully saturated rings. The quantitative estimate of drug-likeness (QED) is 0.371. The molecule has 0 spiro atoms. The summed E-state index contributed by atoms with van der Waals surface area (Å²) < 4.78 is 5.29. The Morgan fingerprint density at radius 2 is 1.68 bits per heavy atom. The largest absolute Gasteiger partial charge is 0.497 e. The Morgan fingerprint density at radius 1 is 0.880 bits per heavy atom. The lowest BCUT2D eigenvalue weighted by atomic mass is 10.0. The summed E-state index contributed by atoms with van der Waals surface area (Å²) in [5.74, 6) is 0.911. The predicted molar refractivity (Wildman–Crippen MR) is 112 cm³/mol. The van der Waals surface area contributed by atoms with E-state index in [1.807, 2.05) is 34.8 Å². The van der Waals surface area contributed by atoms with E-state index < -0.39 is 0 Å². The number of hydrogen-bond donors (Lipinski definition) is 0. The van der Waals surface area contributed by atoms with E-state index in [1.54, 1.807) is 7.11 Å². The summed E-state index contributed by atoms with van der Waals surface area (Å²) in [5, 5.41) is 0. The van der Waals surface area contributed by atoms with Crippen molar-refractivity contribution in [1.82, 2.24) is 0 Å². The van der Waals surface area contributed by atoms with Crippen molar-refractivity contribution < 1.29 is 4.74 Å². The molecule has 0 atom stereocenters. The Labute approximate surface area is 159 Å². The number of aryl methyl sites for hydroxylation is 2. The number of benzene rings is 1. The molecule has 132 valence electrons. The van der Waals surface area contributed by atoms with Crippen molar-refractivity contribution in [2.24, 2.45) is 0 Å². The Hall–Kier alpha value is -1.58. The zero-order chi connectivity index (χ0) is 17.6. The van der Waals surface area contributed by atoms with Gasteiger partial charge in [-0.1, -0.05) is 26.2 Å². The maximum Gasteiger partial charge on any atom is 0.118 e. The van der Waals surface area contributed by atoms with Crippen molar-refractivity contribution >= 4 is 22.7 Å². The van der Waals surface area contributed by atoms with Crippen LogP contribution < -0.4 is 4.74 Å². The first kappa shape index (κ1) is 18.2. The first-order chi connectivity index (χ1) is 12.2. The van der Waals surface area contributed by atoms with Crippen molar-refractivity contribution in [1.29, 1.82) is 0 Å². The molecule has 2 aromatic heterocycles. The van der Waals surface area contributed by atoms with Crippen molar-refractivity contribution in [2.75, 3.05) is 7.11 Å². The number of rotatable bonds is 8. The SMILES string of the molecule is CCCCCCc1cc(-c2ccc(OC)cc2)sc1-c1ccc(C)s1. The van der Waals surface area contributed by atoms with Crippen LogP contribution in [0.2, 0.25) is 0 Å². The van der Waals surface area contributed by atoms with Gasteiger partial charge in [0.05, 0.1) is 7.11 Å². The molecule has 3 rings (SSSR count). The van der Waals surface area contributed by atoms with Crippen LogP contribution in [0, 0.1) is 6.92 Å². The van der Waals surface area contributed by atoms with Crippen LogP contribution in [0.5, 0.6) is 5.75 Å². The number of unbranched alkanes of at least 4 members (excludes halogenated alkanes) is 3. The number of thiophene rings is 2. The molecular weight excluding hydrogens is 344 g/mol.